The van der Waals surface area contributed by atoms with Crippen LogP contribution in [0.3, 0.4) is 0 Å². The van der Waals surface area contributed by atoms with Crippen LogP contribution < -0.4 is 17.0 Å². The number of hydrazine groups is 1. The average molecular weight is 164 g/mol. The second kappa shape index (κ2) is 3.73. The van der Waals surface area contributed by atoms with Crippen molar-refractivity contribution in [2.45, 2.75) is 0 Å². The molecule has 0 saturated heterocycles. The molecule has 12 heavy (non-hydrogen) atoms. The third-order valence-electron chi connectivity index (χ3n) is 1.58. The fraction of sp³-hybridized carbons (Fsp3) is 0.125. The van der Waals surface area contributed by atoms with Gasteiger partial charge in [-0.25, -0.2) is 5.84 Å². The van der Waals surface area contributed by atoms with E-state index < -0.39 is 0 Å². The van der Waals surface area contributed by atoms with Crippen LogP contribution in [0.1, 0.15) is 5.56 Å². The summed E-state index contributed by atoms with van der Waals surface area (Å²) in [6, 6.07) is 7.41. The van der Waals surface area contributed by atoms with E-state index in [9.17, 15) is 0 Å². The van der Waals surface area contributed by atoms with E-state index in [-0.39, 0.29) is 0 Å². The van der Waals surface area contributed by atoms with E-state index >= 15 is 0 Å². The Morgan fingerprint density at radius 3 is 2.58 bits per heavy atom. The Morgan fingerprint density at radius 1 is 1.42 bits per heavy atom. The molecule has 0 bridgehead atoms. The first-order chi connectivity index (χ1) is 5.79. The standard InChI is InChI=1S/C8H12N4/c1-11-8(12-10)6-4-2-3-5-7(6)9/h2-5H,9-10H2,1H3,(H,11,12). The van der Waals surface area contributed by atoms with Gasteiger partial charge in [0.25, 0.3) is 0 Å². The van der Waals surface area contributed by atoms with Crippen LogP contribution in [-0.2, 0) is 0 Å². The molecule has 0 aliphatic heterocycles. The summed E-state index contributed by atoms with van der Waals surface area (Å²) in [7, 11) is 1.65. The van der Waals surface area contributed by atoms with Gasteiger partial charge in [-0.1, -0.05) is 12.1 Å². The average Bonchev–Trinajstić information content (AvgIpc) is 2.10. The van der Waals surface area contributed by atoms with Crippen molar-refractivity contribution in [2.75, 3.05) is 12.8 Å². The summed E-state index contributed by atoms with van der Waals surface area (Å²) in [5.74, 6) is 5.84. The lowest BCUT2D eigenvalue weighted by atomic mass is 10.1. The lowest BCUT2D eigenvalue weighted by Crippen LogP contribution is -2.31. The summed E-state index contributed by atoms with van der Waals surface area (Å²) < 4.78 is 0. The number of nitrogens with one attached hydrogen (secondary N) is 1. The minimum atomic E-state index is 0.591. The Morgan fingerprint density at radius 2 is 2.08 bits per heavy atom. The monoisotopic (exact) mass is 164 g/mol. The van der Waals surface area contributed by atoms with Gasteiger partial charge in [0.05, 0.1) is 0 Å². The highest BCUT2D eigenvalue weighted by Gasteiger charge is 2.02. The number of benzene rings is 1. The highest BCUT2D eigenvalue weighted by atomic mass is 15.2. The summed E-state index contributed by atoms with van der Waals surface area (Å²) >= 11 is 0. The van der Waals surface area contributed by atoms with Crippen molar-refractivity contribution in [1.29, 1.82) is 0 Å². The number of para-hydroxylation sites is 1. The van der Waals surface area contributed by atoms with E-state index in [0.717, 1.165) is 5.56 Å². The van der Waals surface area contributed by atoms with Crippen LogP contribution in [-0.4, -0.2) is 12.9 Å². The second-order valence-corrected chi connectivity index (χ2v) is 2.30. The summed E-state index contributed by atoms with van der Waals surface area (Å²) in [4.78, 5) is 3.94. The highest BCUT2D eigenvalue weighted by Crippen LogP contribution is 2.09. The molecular weight excluding hydrogens is 152 g/mol. The lowest BCUT2D eigenvalue weighted by molar-refractivity contribution is 1.02. The van der Waals surface area contributed by atoms with Crippen molar-refractivity contribution >= 4 is 11.5 Å². The first-order valence-electron chi connectivity index (χ1n) is 3.58. The number of hydrogen-bond acceptors (Lipinski definition) is 3. The number of hydrogen-bond donors (Lipinski definition) is 3. The fourth-order valence-electron chi connectivity index (χ4n) is 0.975. The van der Waals surface area contributed by atoms with Crippen LogP contribution in [0.25, 0.3) is 0 Å². The van der Waals surface area contributed by atoms with Crippen LogP contribution in [0.15, 0.2) is 29.3 Å². The molecule has 0 heterocycles. The van der Waals surface area contributed by atoms with Gasteiger partial charge in [0, 0.05) is 18.3 Å². The Balaban J connectivity index is 3.10. The molecule has 0 aliphatic rings. The summed E-state index contributed by atoms with van der Waals surface area (Å²) in [5.41, 5.74) is 9.66. The van der Waals surface area contributed by atoms with E-state index in [1.54, 1.807) is 13.1 Å². The fourth-order valence-corrected chi connectivity index (χ4v) is 0.975. The normalized spacial score (nSPS) is 11.3. The van der Waals surface area contributed by atoms with Crippen LogP contribution in [0.4, 0.5) is 5.69 Å². The van der Waals surface area contributed by atoms with Gasteiger partial charge < -0.3 is 11.2 Å². The largest absolute Gasteiger partial charge is 0.398 e. The third kappa shape index (κ3) is 1.54. The van der Waals surface area contributed by atoms with Gasteiger partial charge in [-0.3, -0.25) is 4.99 Å². The minimum Gasteiger partial charge on any atom is -0.398 e. The van der Waals surface area contributed by atoms with Crippen molar-refractivity contribution < 1.29 is 0 Å². The number of anilines is 1. The van der Waals surface area contributed by atoms with Crippen molar-refractivity contribution in [3.8, 4) is 0 Å². The molecule has 1 aromatic carbocycles. The van der Waals surface area contributed by atoms with Gasteiger partial charge in [0.1, 0.15) is 5.84 Å². The SMILES string of the molecule is CN=C(NN)c1ccccc1N. The van der Waals surface area contributed by atoms with Crippen LogP contribution in [0.5, 0.6) is 0 Å². The third-order valence-corrected chi connectivity index (χ3v) is 1.58. The zero-order valence-electron chi connectivity index (χ0n) is 6.91. The van der Waals surface area contributed by atoms with Crippen molar-refractivity contribution in [2.24, 2.45) is 10.8 Å². The molecule has 64 valence electrons. The Bertz CT molecular complexity index is 293. The molecule has 0 amide bonds. The summed E-state index contributed by atoms with van der Waals surface area (Å²) in [6.07, 6.45) is 0. The first-order valence-corrected chi connectivity index (χ1v) is 3.58. The minimum absolute atomic E-state index is 0.591. The summed E-state index contributed by atoms with van der Waals surface area (Å²) in [6.45, 7) is 0. The van der Waals surface area contributed by atoms with Crippen LogP contribution >= 0.6 is 0 Å². The molecule has 0 unspecified atom stereocenters. The lowest BCUT2D eigenvalue weighted by Gasteiger charge is -2.06. The smallest absolute Gasteiger partial charge is 0.144 e. The van der Waals surface area contributed by atoms with Gasteiger partial charge in [-0.05, 0) is 12.1 Å². The first kappa shape index (κ1) is 8.55. The molecule has 0 saturated carbocycles. The van der Waals surface area contributed by atoms with Gasteiger partial charge in [0.15, 0.2) is 0 Å². The molecule has 0 aromatic heterocycles. The number of nitrogens with zero attached hydrogens (tertiary/aromatic N) is 1. The van der Waals surface area contributed by atoms with Gasteiger partial charge in [-0.15, -0.1) is 0 Å². The molecule has 0 atom stereocenters. The Kier molecular flexibility index (Phi) is 2.66. The topological polar surface area (TPSA) is 76.4 Å². The maximum atomic E-state index is 5.70. The van der Waals surface area contributed by atoms with Crippen molar-refractivity contribution in [3.05, 3.63) is 29.8 Å². The Hall–Kier alpha value is -1.55. The Labute approximate surface area is 71.3 Å². The number of aliphatic imine (C=N–C) groups is 1. The molecule has 1 rings (SSSR count). The molecule has 0 spiro atoms. The predicted molar refractivity (Wildman–Crippen MR) is 50.6 cm³/mol. The molecule has 0 fully saturated rings. The van der Waals surface area contributed by atoms with Crippen LogP contribution in [0, 0.1) is 0 Å². The zero-order chi connectivity index (χ0) is 8.97. The maximum absolute atomic E-state index is 5.70. The molecule has 1 aromatic rings. The van der Waals surface area contributed by atoms with Crippen LogP contribution in [0.2, 0.25) is 0 Å². The molecule has 4 nitrogen and oxygen atoms in total. The number of rotatable bonds is 1. The number of nitrogens with two attached hydrogens (primary N) is 2. The molecule has 0 radical (unpaired) electrons. The van der Waals surface area contributed by atoms with E-state index in [4.69, 9.17) is 11.6 Å². The van der Waals surface area contributed by atoms with E-state index in [0.29, 0.717) is 11.5 Å². The highest BCUT2D eigenvalue weighted by molar-refractivity contribution is 6.02. The second-order valence-electron chi connectivity index (χ2n) is 2.30. The molecular formula is C8H12N4. The molecule has 5 N–H and O–H groups in total. The maximum Gasteiger partial charge on any atom is 0.144 e. The zero-order valence-corrected chi connectivity index (χ0v) is 6.91. The van der Waals surface area contributed by atoms with E-state index in [1.807, 2.05) is 18.2 Å². The van der Waals surface area contributed by atoms with Crippen molar-refractivity contribution in [1.82, 2.24) is 5.43 Å². The van der Waals surface area contributed by atoms with Crippen molar-refractivity contribution in [3.63, 3.8) is 0 Å². The quantitative estimate of drug-likeness (QED) is 0.181. The van der Waals surface area contributed by atoms with Gasteiger partial charge in [-0.2, -0.15) is 0 Å². The number of amidine groups is 1. The molecule has 4 heteroatoms. The molecule has 0 aliphatic carbocycles. The predicted octanol–water partition coefficient (Wildman–Crippen LogP) is 0.108. The number of nitrogen functional groups attached to an aromatic ring is 1. The van der Waals surface area contributed by atoms with Gasteiger partial charge >= 0.3 is 0 Å². The van der Waals surface area contributed by atoms with E-state index in [2.05, 4.69) is 10.4 Å². The van der Waals surface area contributed by atoms with Gasteiger partial charge in [0.2, 0.25) is 0 Å². The van der Waals surface area contributed by atoms with E-state index in [1.165, 1.54) is 0 Å². The summed E-state index contributed by atoms with van der Waals surface area (Å²) in [5, 5.41) is 0.